The molecule has 100 valence electrons. The van der Waals surface area contributed by atoms with E-state index in [4.69, 9.17) is 10.5 Å². The Balaban J connectivity index is 2.29. The highest BCUT2D eigenvalue weighted by molar-refractivity contribution is 9.10. The van der Waals surface area contributed by atoms with Crippen LogP contribution >= 0.6 is 15.9 Å². The van der Waals surface area contributed by atoms with Crippen molar-refractivity contribution < 1.29 is 13.5 Å². The van der Waals surface area contributed by atoms with Crippen LogP contribution in [0.2, 0.25) is 0 Å². The topological polar surface area (TPSA) is 35.2 Å². The van der Waals surface area contributed by atoms with Crippen molar-refractivity contribution in [1.29, 1.82) is 0 Å². The summed E-state index contributed by atoms with van der Waals surface area (Å²) in [5.41, 5.74) is 6.69. The molecule has 0 radical (unpaired) electrons. The lowest BCUT2D eigenvalue weighted by Gasteiger charge is -2.11. The van der Waals surface area contributed by atoms with Crippen LogP contribution in [0.1, 0.15) is 18.5 Å². The SMILES string of the molecule is C[C@H](N)c1ccc(Oc2cc(F)ccc2F)cc1Br. The summed E-state index contributed by atoms with van der Waals surface area (Å²) in [6.45, 7) is 1.85. The predicted octanol–water partition coefficient (Wildman–Crippen LogP) is 4.54. The van der Waals surface area contributed by atoms with E-state index >= 15 is 0 Å². The lowest BCUT2D eigenvalue weighted by molar-refractivity contribution is 0.436. The molecule has 0 heterocycles. The standard InChI is InChI=1S/C14H12BrF2NO/c1-8(18)11-4-3-10(7-12(11)15)19-14-6-9(16)2-5-13(14)17/h2-8H,18H2,1H3/t8-/m0/s1. The molecule has 0 aliphatic rings. The Bertz CT molecular complexity index is 602. The third-order valence-corrected chi connectivity index (χ3v) is 3.27. The third-order valence-electron chi connectivity index (χ3n) is 2.58. The summed E-state index contributed by atoms with van der Waals surface area (Å²) in [5.74, 6) is -0.919. The van der Waals surface area contributed by atoms with Crippen LogP contribution in [0.4, 0.5) is 8.78 Å². The Morgan fingerprint density at radius 3 is 2.53 bits per heavy atom. The van der Waals surface area contributed by atoms with Crippen molar-refractivity contribution in [3.05, 3.63) is 58.1 Å². The van der Waals surface area contributed by atoms with Crippen LogP contribution in [0.25, 0.3) is 0 Å². The summed E-state index contributed by atoms with van der Waals surface area (Å²) in [6.07, 6.45) is 0. The van der Waals surface area contributed by atoms with Gasteiger partial charge in [-0.15, -0.1) is 0 Å². The molecule has 0 saturated heterocycles. The molecule has 0 aliphatic carbocycles. The fourth-order valence-electron chi connectivity index (χ4n) is 1.62. The van der Waals surface area contributed by atoms with Crippen LogP contribution in [-0.4, -0.2) is 0 Å². The molecule has 2 aromatic rings. The maximum absolute atomic E-state index is 13.4. The summed E-state index contributed by atoms with van der Waals surface area (Å²) in [6, 6.07) is 8.04. The fraction of sp³-hybridized carbons (Fsp3) is 0.143. The van der Waals surface area contributed by atoms with Crippen molar-refractivity contribution in [2.75, 3.05) is 0 Å². The van der Waals surface area contributed by atoms with Gasteiger partial charge in [-0.05, 0) is 36.8 Å². The van der Waals surface area contributed by atoms with E-state index in [1.165, 1.54) is 0 Å². The predicted molar refractivity (Wildman–Crippen MR) is 73.2 cm³/mol. The van der Waals surface area contributed by atoms with E-state index in [-0.39, 0.29) is 11.8 Å². The van der Waals surface area contributed by atoms with Gasteiger partial charge in [-0.3, -0.25) is 0 Å². The van der Waals surface area contributed by atoms with Crippen molar-refractivity contribution in [3.63, 3.8) is 0 Å². The van der Waals surface area contributed by atoms with Gasteiger partial charge in [-0.1, -0.05) is 22.0 Å². The van der Waals surface area contributed by atoms with Crippen molar-refractivity contribution in [3.8, 4) is 11.5 Å². The molecule has 0 aliphatic heterocycles. The molecule has 2 aromatic carbocycles. The summed E-state index contributed by atoms with van der Waals surface area (Å²) < 4.78 is 32.5. The lowest BCUT2D eigenvalue weighted by Crippen LogP contribution is -2.05. The molecule has 0 aromatic heterocycles. The molecule has 0 amide bonds. The van der Waals surface area contributed by atoms with Gasteiger partial charge in [0.15, 0.2) is 11.6 Å². The molecule has 0 spiro atoms. The second-order valence-corrected chi connectivity index (χ2v) is 5.00. The van der Waals surface area contributed by atoms with Gasteiger partial charge >= 0.3 is 0 Å². The van der Waals surface area contributed by atoms with E-state index < -0.39 is 11.6 Å². The molecule has 5 heteroatoms. The molecular formula is C14H12BrF2NO. The van der Waals surface area contributed by atoms with Gasteiger partial charge in [0.2, 0.25) is 0 Å². The summed E-state index contributed by atoms with van der Waals surface area (Å²) in [7, 11) is 0. The first-order chi connectivity index (χ1) is 8.97. The number of halogens is 3. The zero-order chi connectivity index (χ0) is 14.0. The van der Waals surface area contributed by atoms with E-state index in [1.807, 2.05) is 6.92 Å². The van der Waals surface area contributed by atoms with Gasteiger partial charge in [-0.25, -0.2) is 8.78 Å². The molecule has 0 saturated carbocycles. The Hall–Kier alpha value is -1.46. The minimum atomic E-state index is -0.617. The molecular weight excluding hydrogens is 316 g/mol. The van der Waals surface area contributed by atoms with Crippen molar-refractivity contribution >= 4 is 15.9 Å². The minimum absolute atomic E-state index is 0.130. The first-order valence-electron chi connectivity index (χ1n) is 5.65. The molecule has 0 unspecified atom stereocenters. The summed E-state index contributed by atoms with van der Waals surface area (Å²) >= 11 is 3.37. The van der Waals surface area contributed by atoms with E-state index in [0.717, 1.165) is 28.2 Å². The van der Waals surface area contributed by atoms with E-state index in [2.05, 4.69) is 15.9 Å². The van der Waals surface area contributed by atoms with Gasteiger partial charge in [0.25, 0.3) is 0 Å². The third kappa shape index (κ3) is 3.30. The zero-order valence-electron chi connectivity index (χ0n) is 10.2. The Morgan fingerprint density at radius 2 is 1.89 bits per heavy atom. The molecule has 0 bridgehead atoms. The summed E-state index contributed by atoms with van der Waals surface area (Å²) in [4.78, 5) is 0. The number of hydrogen-bond donors (Lipinski definition) is 1. The maximum Gasteiger partial charge on any atom is 0.165 e. The highest BCUT2D eigenvalue weighted by Gasteiger charge is 2.09. The molecule has 1 atom stereocenters. The van der Waals surface area contributed by atoms with Gasteiger partial charge in [-0.2, -0.15) is 0 Å². The smallest absolute Gasteiger partial charge is 0.165 e. The van der Waals surface area contributed by atoms with Gasteiger partial charge in [0, 0.05) is 16.6 Å². The van der Waals surface area contributed by atoms with Gasteiger partial charge < -0.3 is 10.5 Å². The van der Waals surface area contributed by atoms with E-state index in [0.29, 0.717) is 5.75 Å². The number of ether oxygens (including phenoxy) is 1. The molecule has 0 fully saturated rings. The van der Waals surface area contributed by atoms with E-state index in [1.54, 1.807) is 18.2 Å². The van der Waals surface area contributed by atoms with Crippen molar-refractivity contribution in [1.82, 2.24) is 0 Å². The van der Waals surface area contributed by atoms with Crippen LogP contribution in [0, 0.1) is 11.6 Å². The first kappa shape index (κ1) is 14.0. The Kier molecular flexibility index (Phi) is 4.17. The molecule has 2 rings (SSSR count). The van der Waals surface area contributed by atoms with E-state index in [9.17, 15) is 8.78 Å². The van der Waals surface area contributed by atoms with Crippen LogP contribution in [0.15, 0.2) is 40.9 Å². The lowest BCUT2D eigenvalue weighted by atomic mass is 10.1. The van der Waals surface area contributed by atoms with Crippen LogP contribution < -0.4 is 10.5 Å². The Labute approximate surface area is 118 Å². The number of benzene rings is 2. The second-order valence-electron chi connectivity index (χ2n) is 4.15. The molecule has 2 nitrogen and oxygen atoms in total. The number of nitrogens with two attached hydrogens (primary N) is 1. The summed E-state index contributed by atoms with van der Waals surface area (Å²) in [5, 5.41) is 0. The number of hydrogen-bond acceptors (Lipinski definition) is 2. The zero-order valence-corrected chi connectivity index (χ0v) is 11.7. The average Bonchev–Trinajstić information content (AvgIpc) is 2.33. The van der Waals surface area contributed by atoms with Crippen LogP contribution in [0.3, 0.4) is 0 Å². The highest BCUT2D eigenvalue weighted by Crippen LogP contribution is 2.30. The molecule has 2 N–H and O–H groups in total. The van der Waals surface area contributed by atoms with Crippen LogP contribution in [-0.2, 0) is 0 Å². The normalized spacial score (nSPS) is 12.3. The fourth-order valence-corrected chi connectivity index (χ4v) is 2.34. The number of rotatable bonds is 3. The second kappa shape index (κ2) is 5.67. The Morgan fingerprint density at radius 1 is 1.16 bits per heavy atom. The monoisotopic (exact) mass is 327 g/mol. The molecule has 19 heavy (non-hydrogen) atoms. The minimum Gasteiger partial charge on any atom is -0.454 e. The quantitative estimate of drug-likeness (QED) is 0.898. The average molecular weight is 328 g/mol. The van der Waals surface area contributed by atoms with Gasteiger partial charge in [0.05, 0.1) is 0 Å². The largest absolute Gasteiger partial charge is 0.454 e. The highest BCUT2D eigenvalue weighted by atomic mass is 79.9. The first-order valence-corrected chi connectivity index (χ1v) is 6.44. The van der Waals surface area contributed by atoms with Gasteiger partial charge in [0.1, 0.15) is 11.6 Å². The van der Waals surface area contributed by atoms with Crippen molar-refractivity contribution in [2.45, 2.75) is 13.0 Å². The maximum atomic E-state index is 13.4. The van der Waals surface area contributed by atoms with Crippen molar-refractivity contribution in [2.24, 2.45) is 5.73 Å². The van der Waals surface area contributed by atoms with Crippen LogP contribution in [0.5, 0.6) is 11.5 Å².